The van der Waals surface area contributed by atoms with Crippen LogP contribution in [0.15, 0.2) is 48.5 Å². The summed E-state index contributed by atoms with van der Waals surface area (Å²) in [4.78, 5) is 32.8. The van der Waals surface area contributed by atoms with Crippen LogP contribution >= 0.6 is 11.6 Å². The summed E-state index contributed by atoms with van der Waals surface area (Å²) < 4.78 is 4.95. The summed E-state index contributed by atoms with van der Waals surface area (Å²) in [6.45, 7) is 0. The lowest BCUT2D eigenvalue weighted by atomic mass is 10.2. The quantitative estimate of drug-likeness (QED) is 0.284. The zero-order chi connectivity index (χ0) is 16.1. The van der Waals surface area contributed by atoms with Crippen LogP contribution in [0.4, 0.5) is 5.69 Å². The number of esters is 1. The van der Waals surface area contributed by atoms with Crippen molar-refractivity contribution in [3.8, 4) is 0 Å². The molecule has 7 heteroatoms. The summed E-state index contributed by atoms with van der Waals surface area (Å²) in [5.74, 6) is 0.399. The van der Waals surface area contributed by atoms with Gasteiger partial charge in [0.2, 0.25) is 5.76 Å². The minimum atomic E-state index is -0.756. The van der Waals surface area contributed by atoms with Crippen molar-refractivity contribution >= 4 is 35.0 Å². The van der Waals surface area contributed by atoms with Crippen molar-refractivity contribution in [2.45, 2.75) is 0 Å². The van der Waals surface area contributed by atoms with E-state index in [-0.39, 0.29) is 22.6 Å². The summed E-state index contributed by atoms with van der Waals surface area (Å²) in [5.41, 5.74) is 0.278. The molecule has 0 saturated carbocycles. The molecule has 2 aromatic carbocycles. The van der Waals surface area contributed by atoms with Crippen molar-refractivity contribution in [3.63, 3.8) is 0 Å². The van der Waals surface area contributed by atoms with E-state index in [0.717, 1.165) is 0 Å². The number of hydrogen-bond acceptors (Lipinski definition) is 5. The van der Waals surface area contributed by atoms with Crippen molar-refractivity contribution < 1.29 is 19.2 Å². The molecule has 0 heterocycles. The SMILES string of the molecule is O=C=C(OC(=O)c1ccc(Cl)cc1)c1ccc([N+](=O)[O-])cc1. The second kappa shape index (κ2) is 6.67. The Labute approximate surface area is 129 Å². The van der Waals surface area contributed by atoms with E-state index in [4.69, 9.17) is 16.3 Å². The molecule has 0 aliphatic rings. The lowest BCUT2D eigenvalue weighted by molar-refractivity contribution is -0.384. The van der Waals surface area contributed by atoms with Crippen molar-refractivity contribution in [3.05, 3.63) is 74.8 Å². The predicted octanol–water partition coefficient (Wildman–Crippen LogP) is 3.28. The molecule has 2 aromatic rings. The Balaban J connectivity index is 2.19. The predicted molar refractivity (Wildman–Crippen MR) is 79.1 cm³/mol. The molecule has 22 heavy (non-hydrogen) atoms. The maximum atomic E-state index is 11.9. The second-order valence-corrected chi connectivity index (χ2v) is 4.57. The third-order valence-electron chi connectivity index (χ3n) is 2.71. The topological polar surface area (TPSA) is 86.5 Å². The number of rotatable bonds is 4. The third kappa shape index (κ3) is 3.58. The van der Waals surface area contributed by atoms with Crippen LogP contribution in [0.5, 0.6) is 0 Å². The van der Waals surface area contributed by atoms with Gasteiger partial charge in [0.25, 0.3) is 5.69 Å². The van der Waals surface area contributed by atoms with Gasteiger partial charge in [0, 0.05) is 22.7 Å². The highest BCUT2D eigenvalue weighted by Gasteiger charge is 2.14. The Morgan fingerprint density at radius 3 is 2.09 bits per heavy atom. The molecule has 0 amide bonds. The van der Waals surface area contributed by atoms with Crippen LogP contribution in [0, 0.1) is 10.1 Å². The number of halogens is 1. The molecular weight excluding hydrogens is 310 g/mol. The molecule has 0 aromatic heterocycles. The maximum Gasteiger partial charge on any atom is 0.344 e. The molecular formula is C15H8ClNO5. The molecule has 0 atom stereocenters. The summed E-state index contributed by atoms with van der Waals surface area (Å²) in [7, 11) is 0. The smallest absolute Gasteiger partial charge is 0.344 e. The van der Waals surface area contributed by atoms with E-state index in [9.17, 15) is 19.7 Å². The first-order chi connectivity index (χ1) is 10.5. The zero-order valence-electron chi connectivity index (χ0n) is 11.0. The lowest BCUT2D eigenvalue weighted by Crippen LogP contribution is -2.05. The van der Waals surface area contributed by atoms with Gasteiger partial charge in [0.1, 0.15) is 0 Å². The lowest BCUT2D eigenvalue weighted by Gasteiger charge is -2.05. The molecule has 110 valence electrons. The first kappa shape index (κ1) is 15.4. The number of nitro groups is 1. The Morgan fingerprint density at radius 2 is 1.59 bits per heavy atom. The number of nitro benzene ring substituents is 1. The van der Waals surface area contributed by atoms with Gasteiger partial charge in [-0.3, -0.25) is 10.1 Å². The average Bonchev–Trinajstić information content (AvgIpc) is 2.53. The van der Waals surface area contributed by atoms with E-state index in [0.29, 0.717) is 5.02 Å². The third-order valence-corrected chi connectivity index (χ3v) is 2.96. The van der Waals surface area contributed by atoms with Gasteiger partial charge in [-0.25, -0.2) is 9.59 Å². The fraction of sp³-hybridized carbons (Fsp3) is 0. The first-order valence-corrected chi connectivity index (χ1v) is 6.36. The van der Waals surface area contributed by atoms with Gasteiger partial charge in [-0.15, -0.1) is 0 Å². The highest BCUT2D eigenvalue weighted by molar-refractivity contribution is 6.30. The van der Waals surface area contributed by atoms with Crippen LogP contribution in [0.1, 0.15) is 15.9 Å². The van der Waals surface area contributed by atoms with Gasteiger partial charge in [0.05, 0.1) is 10.5 Å². The fourth-order valence-electron chi connectivity index (χ4n) is 1.61. The number of benzene rings is 2. The minimum absolute atomic E-state index is 0.141. The maximum absolute atomic E-state index is 11.9. The van der Waals surface area contributed by atoms with Crippen molar-refractivity contribution in [2.24, 2.45) is 0 Å². The van der Waals surface area contributed by atoms with E-state index >= 15 is 0 Å². The summed E-state index contributed by atoms with van der Waals surface area (Å²) in [6, 6.07) is 10.9. The summed E-state index contributed by atoms with van der Waals surface area (Å²) >= 11 is 5.71. The second-order valence-electron chi connectivity index (χ2n) is 4.13. The minimum Gasteiger partial charge on any atom is -0.410 e. The van der Waals surface area contributed by atoms with E-state index in [1.54, 1.807) is 0 Å². The Kier molecular flexibility index (Phi) is 4.68. The van der Waals surface area contributed by atoms with Gasteiger partial charge < -0.3 is 4.74 Å². The number of carbonyl (C=O) groups is 1. The van der Waals surface area contributed by atoms with Crippen LogP contribution in [0.2, 0.25) is 5.02 Å². The van der Waals surface area contributed by atoms with Crippen molar-refractivity contribution in [2.75, 3.05) is 0 Å². The average molecular weight is 318 g/mol. The highest BCUT2D eigenvalue weighted by Crippen LogP contribution is 2.19. The van der Waals surface area contributed by atoms with E-state index in [2.05, 4.69) is 0 Å². The Hall–Kier alpha value is -2.95. The van der Waals surface area contributed by atoms with Gasteiger partial charge >= 0.3 is 5.97 Å². The normalized spacial score (nSPS) is 9.68. The monoisotopic (exact) mass is 317 g/mol. The van der Waals surface area contributed by atoms with Crippen molar-refractivity contribution in [1.29, 1.82) is 0 Å². The molecule has 0 spiro atoms. The molecule has 6 nitrogen and oxygen atoms in total. The molecule has 0 aliphatic heterocycles. The molecule has 0 radical (unpaired) electrons. The van der Waals surface area contributed by atoms with Crippen LogP contribution < -0.4 is 0 Å². The van der Waals surface area contributed by atoms with Gasteiger partial charge in [-0.1, -0.05) is 11.6 Å². The number of non-ortho nitro benzene ring substituents is 1. The zero-order valence-corrected chi connectivity index (χ0v) is 11.7. The Morgan fingerprint density at radius 1 is 1.05 bits per heavy atom. The van der Waals surface area contributed by atoms with Crippen LogP contribution in [-0.2, 0) is 9.53 Å². The molecule has 0 saturated heterocycles. The molecule has 0 unspecified atom stereocenters. The van der Waals surface area contributed by atoms with Crippen LogP contribution in [0.25, 0.3) is 5.76 Å². The van der Waals surface area contributed by atoms with E-state index < -0.39 is 10.9 Å². The number of hydrogen-bond donors (Lipinski definition) is 0. The van der Waals surface area contributed by atoms with Crippen LogP contribution in [0.3, 0.4) is 0 Å². The number of nitrogens with zero attached hydrogens (tertiary/aromatic N) is 1. The standard InChI is InChI=1S/C15H8ClNO5/c16-12-5-1-11(2-6-12)15(19)22-14(9-18)10-3-7-13(8-4-10)17(20)21/h1-8H. The molecule has 0 bridgehead atoms. The molecule has 2 rings (SSSR count). The van der Waals surface area contributed by atoms with Gasteiger partial charge in [-0.2, -0.15) is 0 Å². The molecule has 0 fully saturated rings. The van der Waals surface area contributed by atoms with Gasteiger partial charge in [-0.05, 0) is 36.4 Å². The van der Waals surface area contributed by atoms with Crippen molar-refractivity contribution in [1.82, 2.24) is 0 Å². The van der Waals surface area contributed by atoms with Crippen LogP contribution in [-0.4, -0.2) is 16.8 Å². The fourth-order valence-corrected chi connectivity index (χ4v) is 1.74. The number of ether oxygens (including phenoxy) is 1. The summed E-state index contributed by atoms with van der Waals surface area (Å²) in [6.07, 6.45) is 0. The Bertz CT molecular complexity index is 762. The largest absolute Gasteiger partial charge is 0.410 e. The van der Waals surface area contributed by atoms with E-state index in [1.807, 2.05) is 0 Å². The molecule has 0 N–H and O–H groups in total. The highest BCUT2D eigenvalue weighted by atomic mass is 35.5. The molecule has 0 aliphatic carbocycles. The number of carbonyl (C=O) groups excluding carboxylic acids is 2. The first-order valence-electron chi connectivity index (χ1n) is 5.99. The summed E-state index contributed by atoms with van der Waals surface area (Å²) in [5, 5.41) is 11.0. The van der Waals surface area contributed by atoms with Gasteiger partial charge in [0.15, 0.2) is 5.94 Å². The van der Waals surface area contributed by atoms with E-state index in [1.165, 1.54) is 54.5 Å².